The van der Waals surface area contributed by atoms with E-state index < -0.39 is 20.7 Å². The van der Waals surface area contributed by atoms with E-state index in [4.69, 9.17) is 16.3 Å². The molecular weight excluding hydrogens is 319 g/mol. The second kappa shape index (κ2) is 6.38. The van der Waals surface area contributed by atoms with Gasteiger partial charge in [-0.3, -0.25) is 0 Å². The zero-order valence-electron chi connectivity index (χ0n) is 11.0. The second-order valence-electron chi connectivity index (χ2n) is 4.09. The first-order valence-corrected chi connectivity index (χ1v) is 7.73. The van der Waals surface area contributed by atoms with Crippen molar-refractivity contribution in [1.29, 1.82) is 0 Å². The van der Waals surface area contributed by atoms with Gasteiger partial charge < -0.3 is 4.74 Å². The van der Waals surface area contributed by atoms with E-state index >= 15 is 0 Å². The SMILES string of the molecule is COc1ccc(CNS(=O)(=O)c2cccc(Cl)c2F)cn1. The zero-order valence-corrected chi connectivity index (χ0v) is 12.6. The Kier molecular flexibility index (Phi) is 4.76. The third kappa shape index (κ3) is 3.69. The van der Waals surface area contributed by atoms with Gasteiger partial charge in [-0.15, -0.1) is 0 Å². The monoisotopic (exact) mass is 330 g/mol. The van der Waals surface area contributed by atoms with Crippen LogP contribution in [0.25, 0.3) is 0 Å². The zero-order chi connectivity index (χ0) is 15.5. The maximum atomic E-state index is 13.7. The van der Waals surface area contributed by atoms with E-state index in [0.717, 1.165) is 6.07 Å². The first-order valence-electron chi connectivity index (χ1n) is 5.86. The number of nitrogens with one attached hydrogen (secondary N) is 1. The predicted molar refractivity (Wildman–Crippen MR) is 76.2 cm³/mol. The van der Waals surface area contributed by atoms with Crippen LogP contribution in [0.1, 0.15) is 5.56 Å². The van der Waals surface area contributed by atoms with Crippen molar-refractivity contribution in [2.75, 3.05) is 7.11 Å². The number of methoxy groups -OCH3 is 1. The van der Waals surface area contributed by atoms with Crippen molar-refractivity contribution in [3.05, 3.63) is 52.9 Å². The largest absolute Gasteiger partial charge is 0.481 e. The number of benzene rings is 1. The second-order valence-corrected chi connectivity index (χ2v) is 6.23. The first kappa shape index (κ1) is 15.7. The van der Waals surface area contributed by atoms with Gasteiger partial charge in [-0.1, -0.05) is 23.7 Å². The number of sulfonamides is 1. The summed E-state index contributed by atoms with van der Waals surface area (Å²) in [5.41, 5.74) is 0.613. The van der Waals surface area contributed by atoms with Crippen LogP contribution in [0.4, 0.5) is 4.39 Å². The Morgan fingerprint density at radius 3 is 2.71 bits per heavy atom. The van der Waals surface area contributed by atoms with Crippen molar-refractivity contribution >= 4 is 21.6 Å². The molecule has 0 unspecified atom stereocenters. The summed E-state index contributed by atoms with van der Waals surface area (Å²) in [4.78, 5) is 3.46. The maximum Gasteiger partial charge on any atom is 0.243 e. The minimum atomic E-state index is -4.00. The lowest BCUT2D eigenvalue weighted by molar-refractivity contribution is 0.397. The Morgan fingerprint density at radius 2 is 2.10 bits per heavy atom. The molecule has 0 fully saturated rings. The molecule has 0 aliphatic rings. The molecule has 1 N–H and O–H groups in total. The van der Waals surface area contributed by atoms with Crippen LogP contribution in [0.2, 0.25) is 5.02 Å². The smallest absolute Gasteiger partial charge is 0.243 e. The van der Waals surface area contributed by atoms with Crippen LogP contribution in [0.5, 0.6) is 5.88 Å². The molecule has 2 rings (SSSR count). The van der Waals surface area contributed by atoms with Crippen molar-refractivity contribution < 1.29 is 17.5 Å². The normalized spacial score (nSPS) is 11.4. The fraction of sp³-hybridized carbons (Fsp3) is 0.154. The molecule has 5 nitrogen and oxygen atoms in total. The highest BCUT2D eigenvalue weighted by Gasteiger charge is 2.20. The highest BCUT2D eigenvalue weighted by Crippen LogP contribution is 2.21. The summed E-state index contributed by atoms with van der Waals surface area (Å²) in [6.45, 7) is -0.0225. The molecule has 0 radical (unpaired) electrons. The first-order chi connectivity index (χ1) is 9.94. The molecule has 0 bridgehead atoms. The summed E-state index contributed by atoms with van der Waals surface area (Å²) in [7, 11) is -2.52. The van der Waals surface area contributed by atoms with Gasteiger partial charge in [0.2, 0.25) is 15.9 Å². The Hall–Kier alpha value is -1.70. The third-order valence-corrected chi connectivity index (χ3v) is 4.39. The fourth-order valence-corrected chi connectivity index (χ4v) is 2.93. The minimum absolute atomic E-state index is 0.0225. The molecular formula is C13H12ClFN2O3S. The van der Waals surface area contributed by atoms with E-state index in [0.29, 0.717) is 11.4 Å². The van der Waals surface area contributed by atoms with Gasteiger partial charge in [-0.2, -0.15) is 0 Å². The molecule has 1 heterocycles. The van der Waals surface area contributed by atoms with Crippen molar-refractivity contribution in [3.63, 3.8) is 0 Å². The van der Waals surface area contributed by atoms with Gasteiger partial charge in [-0.25, -0.2) is 22.5 Å². The predicted octanol–water partition coefficient (Wildman–Crippen LogP) is 2.36. The van der Waals surface area contributed by atoms with Crippen LogP contribution < -0.4 is 9.46 Å². The summed E-state index contributed by atoms with van der Waals surface area (Å²) < 4.78 is 45.0. The Morgan fingerprint density at radius 1 is 1.33 bits per heavy atom. The molecule has 2 aromatic rings. The fourth-order valence-electron chi connectivity index (χ4n) is 1.58. The average molecular weight is 331 g/mol. The van der Waals surface area contributed by atoms with Gasteiger partial charge in [0.05, 0.1) is 12.1 Å². The number of ether oxygens (including phenoxy) is 1. The van der Waals surface area contributed by atoms with Gasteiger partial charge in [0, 0.05) is 18.8 Å². The Bertz CT molecular complexity index is 736. The van der Waals surface area contributed by atoms with E-state index in [9.17, 15) is 12.8 Å². The molecule has 1 aromatic heterocycles. The number of rotatable bonds is 5. The highest BCUT2D eigenvalue weighted by atomic mass is 35.5. The van der Waals surface area contributed by atoms with E-state index in [-0.39, 0.29) is 11.6 Å². The number of halogens is 2. The molecule has 8 heteroatoms. The van der Waals surface area contributed by atoms with Gasteiger partial charge in [0.1, 0.15) is 4.90 Å². The molecule has 21 heavy (non-hydrogen) atoms. The van der Waals surface area contributed by atoms with Crippen LogP contribution >= 0.6 is 11.6 Å². The molecule has 0 saturated carbocycles. The van der Waals surface area contributed by atoms with Crippen molar-refractivity contribution in [2.24, 2.45) is 0 Å². The lowest BCUT2D eigenvalue weighted by atomic mass is 10.3. The molecule has 0 aliphatic carbocycles. The van der Waals surface area contributed by atoms with Gasteiger partial charge in [0.25, 0.3) is 0 Å². The molecule has 0 amide bonds. The summed E-state index contributed by atoms with van der Waals surface area (Å²) in [5.74, 6) is -0.554. The Labute approximate surface area is 126 Å². The summed E-state index contributed by atoms with van der Waals surface area (Å²) in [6, 6.07) is 7.06. The van der Waals surface area contributed by atoms with Crippen LogP contribution in [0, 0.1) is 5.82 Å². The van der Waals surface area contributed by atoms with Gasteiger partial charge in [0.15, 0.2) is 5.82 Å². The third-order valence-electron chi connectivity index (χ3n) is 2.68. The standard InChI is InChI=1S/C13H12ClFN2O3S/c1-20-12-6-5-9(7-16-12)8-17-21(18,19)11-4-2-3-10(14)13(11)15/h2-7,17H,8H2,1H3. The van der Waals surface area contributed by atoms with Crippen molar-refractivity contribution in [1.82, 2.24) is 9.71 Å². The molecule has 0 atom stereocenters. The summed E-state index contributed by atoms with van der Waals surface area (Å²) in [6.07, 6.45) is 1.47. The van der Waals surface area contributed by atoms with Crippen molar-refractivity contribution in [2.45, 2.75) is 11.4 Å². The lowest BCUT2D eigenvalue weighted by Gasteiger charge is -2.08. The summed E-state index contributed by atoms with van der Waals surface area (Å²) in [5, 5.41) is -0.246. The molecule has 0 spiro atoms. The quantitative estimate of drug-likeness (QED) is 0.913. The van der Waals surface area contributed by atoms with E-state index in [2.05, 4.69) is 9.71 Å². The van der Waals surface area contributed by atoms with Crippen LogP contribution in [0.3, 0.4) is 0 Å². The molecule has 1 aromatic carbocycles. The number of nitrogens with zero attached hydrogens (tertiary/aromatic N) is 1. The number of hydrogen-bond acceptors (Lipinski definition) is 4. The number of hydrogen-bond donors (Lipinski definition) is 1. The average Bonchev–Trinajstić information content (AvgIpc) is 2.48. The summed E-state index contributed by atoms with van der Waals surface area (Å²) >= 11 is 5.58. The lowest BCUT2D eigenvalue weighted by Crippen LogP contribution is -2.24. The molecule has 0 saturated heterocycles. The molecule has 112 valence electrons. The number of aromatic nitrogens is 1. The van der Waals surface area contributed by atoms with Gasteiger partial charge >= 0.3 is 0 Å². The van der Waals surface area contributed by atoms with Crippen LogP contribution in [-0.4, -0.2) is 20.5 Å². The van der Waals surface area contributed by atoms with Crippen molar-refractivity contribution in [3.8, 4) is 5.88 Å². The van der Waals surface area contributed by atoms with Gasteiger partial charge in [-0.05, 0) is 17.7 Å². The molecule has 0 aliphatic heterocycles. The topological polar surface area (TPSA) is 68.3 Å². The van der Waals surface area contributed by atoms with E-state index in [1.54, 1.807) is 12.1 Å². The number of pyridine rings is 1. The Balaban J connectivity index is 2.15. The minimum Gasteiger partial charge on any atom is -0.481 e. The van der Waals surface area contributed by atoms with Crippen LogP contribution in [-0.2, 0) is 16.6 Å². The van der Waals surface area contributed by atoms with E-state index in [1.165, 1.54) is 25.4 Å². The van der Waals surface area contributed by atoms with E-state index in [1.807, 2.05) is 0 Å². The highest BCUT2D eigenvalue weighted by molar-refractivity contribution is 7.89. The maximum absolute atomic E-state index is 13.7. The van der Waals surface area contributed by atoms with Crippen LogP contribution in [0.15, 0.2) is 41.4 Å².